The van der Waals surface area contributed by atoms with Gasteiger partial charge in [-0.05, 0) is 42.1 Å². The quantitative estimate of drug-likeness (QED) is 0.684. The molecule has 1 atom stereocenters. The van der Waals surface area contributed by atoms with Crippen molar-refractivity contribution in [3.8, 4) is 17.2 Å². The third-order valence-electron chi connectivity index (χ3n) is 7.17. The minimum Gasteiger partial charge on any atom is -0.353 e. The Labute approximate surface area is 197 Å². The fourth-order valence-corrected chi connectivity index (χ4v) is 4.82. The molecule has 1 amide bonds. The number of rotatable bonds is 7. The second kappa shape index (κ2) is 10.5. The maximum absolute atomic E-state index is 12.5. The Kier molecular flexibility index (Phi) is 7.44. The second-order valence-corrected chi connectivity index (χ2v) is 9.65. The van der Waals surface area contributed by atoms with Crippen LogP contribution in [0, 0.1) is 11.3 Å². The molecule has 1 aliphatic carbocycles. The Hall–Kier alpha value is -2.72. The highest BCUT2D eigenvalue weighted by molar-refractivity contribution is 5.86. The van der Waals surface area contributed by atoms with Crippen molar-refractivity contribution in [2.24, 2.45) is 5.73 Å². The van der Waals surface area contributed by atoms with Gasteiger partial charge in [0.1, 0.15) is 0 Å². The molecule has 3 N–H and O–H groups in total. The fourth-order valence-electron chi connectivity index (χ4n) is 4.82. The number of piperazine rings is 1. The largest absolute Gasteiger partial charge is 0.353 e. The summed E-state index contributed by atoms with van der Waals surface area (Å²) in [6.45, 7) is 5.77. The summed E-state index contributed by atoms with van der Waals surface area (Å²) in [7, 11) is 2.18. The van der Waals surface area contributed by atoms with Crippen LogP contribution in [0.25, 0.3) is 11.1 Å². The summed E-state index contributed by atoms with van der Waals surface area (Å²) < 4.78 is 0. The van der Waals surface area contributed by atoms with E-state index in [0.29, 0.717) is 0 Å². The lowest BCUT2D eigenvalue weighted by atomic mass is 9.95. The summed E-state index contributed by atoms with van der Waals surface area (Å²) in [6, 6.07) is 19.2. The van der Waals surface area contributed by atoms with Crippen LogP contribution in [-0.4, -0.2) is 61.0 Å². The van der Waals surface area contributed by atoms with Crippen LogP contribution in [0.15, 0.2) is 48.5 Å². The molecule has 6 nitrogen and oxygen atoms in total. The molecule has 0 spiro atoms. The van der Waals surface area contributed by atoms with Gasteiger partial charge in [0.2, 0.25) is 5.91 Å². The molecule has 0 aromatic heterocycles. The Morgan fingerprint density at radius 2 is 1.61 bits per heavy atom. The van der Waals surface area contributed by atoms with Crippen molar-refractivity contribution in [3.63, 3.8) is 0 Å². The van der Waals surface area contributed by atoms with Gasteiger partial charge >= 0.3 is 0 Å². The molecule has 1 unspecified atom stereocenters. The van der Waals surface area contributed by atoms with E-state index in [1.54, 1.807) is 0 Å². The first-order valence-electron chi connectivity index (χ1n) is 12.0. The summed E-state index contributed by atoms with van der Waals surface area (Å²) in [6.07, 6.45) is 3.42. The predicted molar refractivity (Wildman–Crippen MR) is 131 cm³/mol. The number of nitriles is 1. The first kappa shape index (κ1) is 23.4. The van der Waals surface area contributed by atoms with Crippen LogP contribution in [-0.2, 0) is 11.3 Å². The Bertz CT molecular complexity index is 965. The number of carbonyl (C=O) groups is 1. The smallest absolute Gasteiger partial charge is 0.240 e. The summed E-state index contributed by atoms with van der Waals surface area (Å²) in [5.41, 5.74) is 9.99. The average molecular weight is 446 g/mol. The Morgan fingerprint density at radius 1 is 1.03 bits per heavy atom. The van der Waals surface area contributed by atoms with Crippen molar-refractivity contribution < 1.29 is 4.79 Å². The molecule has 0 bridgehead atoms. The van der Waals surface area contributed by atoms with E-state index in [1.807, 2.05) is 12.1 Å². The van der Waals surface area contributed by atoms with E-state index in [9.17, 15) is 10.1 Å². The van der Waals surface area contributed by atoms with E-state index in [2.05, 4.69) is 64.6 Å². The Morgan fingerprint density at radius 3 is 2.18 bits per heavy atom. The standard InChI is InChI=1S/C27H35N5O/c1-31-14-16-32(17-15-31)20-21-4-6-22(7-5-21)23-8-10-24(11-9-23)25(18-28)19-30-26(33)27(29)12-2-3-13-27/h4-11,25H,2-3,12-17,19-20,29H2,1H3,(H,30,33). The molecule has 174 valence electrons. The van der Waals surface area contributed by atoms with Crippen molar-refractivity contribution in [1.82, 2.24) is 15.1 Å². The molecule has 33 heavy (non-hydrogen) atoms. The number of nitrogens with zero attached hydrogens (tertiary/aromatic N) is 3. The molecule has 1 saturated carbocycles. The van der Waals surface area contributed by atoms with E-state index in [0.717, 1.165) is 75.1 Å². The topological polar surface area (TPSA) is 85.4 Å². The maximum atomic E-state index is 12.5. The van der Waals surface area contributed by atoms with Gasteiger partial charge in [0, 0.05) is 39.3 Å². The maximum Gasteiger partial charge on any atom is 0.240 e. The van der Waals surface area contributed by atoms with Gasteiger partial charge in [-0.2, -0.15) is 5.26 Å². The van der Waals surface area contributed by atoms with Crippen LogP contribution in [0.4, 0.5) is 0 Å². The predicted octanol–water partition coefficient (Wildman–Crippen LogP) is 3.10. The molecule has 4 rings (SSSR count). The molecule has 6 heteroatoms. The van der Waals surface area contributed by atoms with Gasteiger partial charge in [0.25, 0.3) is 0 Å². The third-order valence-corrected chi connectivity index (χ3v) is 7.17. The number of likely N-dealkylation sites (N-methyl/N-ethyl adjacent to an activating group) is 1. The normalized spacial score (nSPS) is 19.7. The first-order chi connectivity index (χ1) is 16.0. The molecule has 2 fully saturated rings. The molecule has 2 aliphatic rings. The number of hydrogen-bond acceptors (Lipinski definition) is 5. The minimum absolute atomic E-state index is 0.131. The highest BCUT2D eigenvalue weighted by Gasteiger charge is 2.37. The van der Waals surface area contributed by atoms with Crippen LogP contribution in [0.3, 0.4) is 0 Å². The van der Waals surface area contributed by atoms with Crippen molar-refractivity contribution >= 4 is 5.91 Å². The lowest BCUT2D eigenvalue weighted by Gasteiger charge is -2.32. The highest BCUT2D eigenvalue weighted by atomic mass is 16.2. The van der Waals surface area contributed by atoms with E-state index in [-0.39, 0.29) is 18.4 Å². The molecular formula is C27H35N5O. The van der Waals surface area contributed by atoms with E-state index in [1.165, 1.54) is 5.56 Å². The van der Waals surface area contributed by atoms with E-state index >= 15 is 0 Å². The van der Waals surface area contributed by atoms with Crippen LogP contribution in [0.5, 0.6) is 0 Å². The molecule has 1 heterocycles. The lowest BCUT2D eigenvalue weighted by Crippen LogP contribution is -2.52. The Balaban J connectivity index is 1.34. The molecule has 0 radical (unpaired) electrons. The van der Waals surface area contributed by atoms with Crippen LogP contribution >= 0.6 is 0 Å². The molecule has 1 aliphatic heterocycles. The molecular weight excluding hydrogens is 410 g/mol. The zero-order chi connectivity index (χ0) is 23.3. The van der Waals surface area contributed by atoms with Gasteiger partial charge in [-0.25, -0.2) is 0 Å². The number of carbonyl (C=O) groups excluding carboxylic acids is 1. The number of nitrogens with one attached hydrogen (secondary N) is 1. The van der Waals surface area contributed by atoms with E-state index < -0.39 is 5.54 Å². The number of amides is 1. The van der Waals surface area contributed by atoms with Crippen molar-refractivity contribution in [3.05, 3.63) is 59.7 Å². The summed E-state index contributed by atoms with van der Waals surface area (Å²) in [4.78, 5) is 17.4. The van der Waals surface area contributed by atoms with Gasteiger partial charge in [-0.3, -0.25) is 9.69 Å². The van der Waals surface area contributed by atoms with Crippen LogP contribution < -0.4 is 11.1 Å². The second-order valence-electron chi connectivity index (χ2n) is 9.65. The molecule has 1 saturated heterocycles. The SMILES string of the molecule is CN1CCN(Cc2ccc(-c3ccc(C(C#N)CNC(=O)C4(N)CCCC4)cc3)cc2)CC1. The third kappa shape index (κ3) is 5.80. The van der Waals surface area contributed by atoms with Crippen molar-refractivity contribution in [1.29, 1.82) is 5.26 Å². The monoisotopic (exact) mass is 445 g/mol. The zero-order valence-electron chi connectivity index (χ0n) is 19.6. The highest BCUT2D eigenvalue weighted by Crippen LogP contribution is 2.28. The molecule has 2 aromatic rings. The van der Waals surface area contributed by atoms with Gasteiger partial charge in [0.15, 0.2) is 0 Å². The summed E-state index contributed by atoms with van der Waals surface area (Å²) >= 11 is 0. The van der Waals surface area contributed by atoms with Gasteiger partial charge in [-0.15, -0.1) is 0 Å². The van der Waals surface area contributed by atoms with Crippen molar-refractivity contribution in [2.75, 3.05) is 39.8 Å². The lowest BCUT2D eigenvalue weighted by molar-refractivity contribution is -0.126. The van der Waals surface area contributed by atoms with Gasteiger partial charge in [0.05, 0.1) is 17.5 Å². The number of hydrogen-bond donors (Lipinski definition) is 2. The number of nitrogens with two attached hydrogens (primary N) is 1. The first-order valence-corrected chi connectivity index (χ1v) is 12.0. The van der Waals surface area contributed by atoms with Crippen LogP contribution in [0.1, 0.15) is 42.7 Å². The molecule has 2 aromatic carbocycles. The van der Waals surface area contributed by atoms with Crippen LogP contribution in [0.2, 0.25) is 0 Å². The number of benzene rings is 2. The minimum atomic E-state index is -0.764. The van der Waals surface area contributed by atoms with E-state index in [4.69, 9.17) is 5.73 Å². The van der Waals surface area contributed by atoms with Gasteiger partial charge < -0.3 is 16.0 Å². The average Bonchev–Trinajstić information content (AvgIpc) is 3.29. The zero-order valence-corrected chi connectivity index (χ0v) is 19.6. The summed E-state index contributed by atoms with van der Waals surface area (Å²) in [5, 5.41) is 12.6. The fraction of sp³-hybridized carbons (Fsp3) is 0.481. The van der Waals surface area contributed by atoms with Gasteiger partial charge in [-0.1, -0.05) is 61.4 Å². The van der Waals surface area contributed by atoms with Crippen molar-refractivity contribution in [2.45, 2.75) is 43.7 Å². The summed E-state index contributed by atoms with van der Waals surface area (Å²) in [5.74, 6) is -0.521.